The molecule has 5 aromatic rings. The monoisotopic (exact) mass is 439 g/mol. The molecule has 5 rings (SSSR count). The van der Waals surface area contributed by atoms with Crippen LogP contribution in [0.2, 0.25) is 0 Å². The van der Waals surface area contributed by atoms with Crippen LogP contribution in [0.3, 0.4) is 0 Å². The van der Waals surface area contributed by atoms with Crippen molar-refractivity contribution in [3.63, 3.8) is 0 Å². The summed E-state index contributed by atoms with van der Waals surface area (Å²) in [5.74, 6) is 1.87. The molecular formula is C26H21OZr-. The summed E-state index contributed by atoms with van der Waals surface area (Å²) in [6.45, 7) is 6.42. The number of hydrogen-bond acceptors (Lipinski definition) is 1. The number of hydrogen-bond donors (Lipinski definition) is 0. The number of fused-ring (bicyclic) bond motifs is 2. The third kappa shape index (κ3) is 3.01. The fraction of sp³-hybridized carbons (Fsp3) is 0.115. The normalized spacial score (nSPS) is 11.1. The van der Waals surface area contributed by atoms with E-state index >= 15 is 0 Å². The van der Waals surface area contributed by atoms with Gasteiger partial charge in [-0.3, -0.25) is 0 Å². The molecule has 136 valence electrons. The first-order valence-electron chi connectivity index (χ1n) is 9.37. The van der Waals surface area contributed by atoms with Crippen molar-refractivity contribution >= 4 is 21.5 Å². The smallest absolute Gasteiger partial charge is 0.0896 e. The second-order valence-corrected chi connectivity index (χ2v) is 7.38. The Kier molecular flexibility index (Phi) is 4.93. The van der Waals surface area contributed by atoms with Gasteiger partial charge in [-0.15, -0.1) is 29.0 Å². The van der Waals surface area contributed by atoms with E-state index in [1.165, 1.54) is 43.8 Å². The van der Waals surface area contributed by atoms with Crippen molar-refractivity contribution in [2.45, 2.75) is 20.8 Å². The molecule has 0 radical (unpaired) electrons. The first kappa shape index (κ1) is 19.0. The average Bonchev–Trinajstić information content (AvgIpc) is 3.28. The van der Waals surface area contributed by atoms with E-state index in [4.69, 9.17) is 4.42 Å². The summed E-state index contributed by atoms with van der Waals surface area (Å²) in [5.41, 5.74) is 6.43. The number of furan rings is 1. The van der Waals surface area contributed by atoms with Crippen LogP contribution in [0, 0.1) is 20.8 Å². The molecule has 0 bridgehead atoms. The zero-order valence-electron chi connectivity index (χ0n) is 16.3. The summed E-state index contributed by atoms with van der Waals surface area (Å²) in [6, 6.07) is 26.1. The molecule has 0 saturated carbocycles. The van der Waals surface area contributed by atoms with Gasteiger partial charge in [-0.25, -0.2) is 0 Å². The Morgan fingerprint density at radius 3 is 2.36 bits per heavy atom. The molecule has 0 aliphatic rings. The molecule has 0 spiro atoms. The molecule has 0 aliphatic carbocycles. The van der Waals surface area contributed by atoms with Crippen LogP contribution in [0.15, 0.2) is 77.2 Å². The second kappa shape index (κ2) is 7.26. The van der Waals surface area contributed by atoms with Gasteiger partial charge in [-0.05, 0) is 54.8 Å². The van der Waals surface area contributed by atoms with Crippen molar-refractivity contribution < 1.29 is 30.6 Å². The minimum absolute atomic E-state index is 0. The predicted molar refractivity (Wildman–Crippen MR) is 114 cm³/mol. The molecule has 1 heterocycles. The summed E-state index contributed by atoms with van der Waals surface area (Å²) in [7, 11) is 0. The van der Waals surface area contributed by atoms with Gasteiger partial charge in [0.2, 0.25) is 0 Å². The van der Waals surface area contributed by atoms with Gasteiger partial charge < -0.3 is 4.42 Å². The maximum atomic E-state index is 5.88. The molecule has 0 unspecified atom stereocenters. The Labute approximate surface area is 184 Å². The van der Waals surface area contributed by atoms with Crippen molar-refractivity contribution in [3.8, 4) is 22.5 Å². The Morgan fingerprint density at radius 1 is 0.786 bits per heavy atom. The van der Waals surface area contributed by atoms with E-state index < -0.39 is 0 Å². The van der Waals surface area contributed by atoms with Crippen LogP contribution in [0.1, 0.15) is 16.9 Å². The Bertz CT molecular complexity index is 1300. The van der Waals surface area contributed by atoms with Gasteiger partial charge in [-0.2, -0.15) is 0 Å². The van der Waals surface area contributed by atoms with Crippen molar-refractivity contribution in [1.29, 1.82) is 0 Å². The molecule has 4 aromatic carbocycles. The number of aryl methyl sites for hydroxylation is 2. The van der Waals surface area contributed by atoms with Crippen molar-refractivity contribution in [2.24, 2.45) is 0 Å². The number of benzene rings is 3. The molecule has 1 nitrogen and oxygen atoms in total. The van der Waals surface area contributed by atoms with Crippen molar-refractivity contribution in [2.75, 3.05) is 0 Å². The molecule has 2 heteroatoms. The second-order valence-electron chi connectivity index (χ2n) is 7.38. The fourth-order valence-corrected chi connectivity index (χ4v) is 4.12. The summed E-state index contributed by atoms with van der Waals surface area (Å²) >= 11 is 0. The quantitative estimate of drug-likeness (QED) is 0.258. The van der Waals surface area contributed by atoms with Gasteiger partial charge in [0.25, 0.3) is 0 Å². The van der Waals surface area contributed by atoms with Gasteiger partial charge in [-0.1, -0.05) is 59.2 Å². The molecule has 28 heavy (non-hydrogen) atoms. The maximum absolute atomic E-state index is 5.88. The summed E-state index contributed by atoms with van der Waals surface area (Å²) in [4.78, 5) is 0. The summed E-state index contributed by atoms with van der Waals surface area (Å²) in [6.07, 6.45) is 0. The largest absolute Gasteiger partial charge is 0.496 e. The fourth-order valence-electron chi connectivity index (χ4n) is 4.12. The van der Waals surface area contributed by atoms with Crippen LogP contribution < -0.4 is 0 Å². The van der Waals surface area contributed by atoms with E-state index in [9.17, 15) is 0 Å². The van der Waals surface area contributed by atoms with Crippen molar-refractivity contribution in [1.82, 2.24) is 0 Å². The van der Waals surface area contributed by atoms with Gasteiger partial charge in [0.1, 0.15) is 0 Å². The van der Waals surface area contributed by atoms with Crippen LogP contribution in [0.4, 0.5) is 0 Å². The first-order chi connectivity index (χ1) is 13.1. The van der Waals surface area contributed by atoms with Crippen molar-refractivity contribution in [3.05, 3.63) is 89.7 Å². The Morgan fingerprint density at radius 2 is 1.57 bits per heavy atom. The number of rotatable bonds is 2. The minimum Gasteiger partial charge on any atom is -0.496 e. The predicted octanol–water partition coefficient (Wildman–Crippen LogP) is 7.56. The molecule has 0 saturated heterocycles. The maximum Gasteiger partial charge on any atom is 0.0896 e. The van der Waals surface area contributed by atoms with E-state index in [0.717, 1.165) is 17.1 Å². The molecule has 0 amide bonds. The Hall–Kier alpha value is -2.31. The molecule has 0 N–H and O–H groups in total. The molecule has 0 atom stereocenters. The third-order valence-corrected chi connectivity index (χ3v) is 5.61. The average molecular weight is 441 g/mol. The van der Waals surface area contributed by atoms with E-state index in [2.05, 4.69) is 80.6 Å². The van der Waals surface area contributed by atoms with Gasteiger partial charge in [0.15, 0.2) is 0 Å². The topological polar surface area (TPSA) is 13.1 Å². The molecule has 0 aliphatic heterocycles. The SMILES string of the molecule is Cc1ccc(-c2cc3c(-c4cccc5ccccc45)c(C)c(C)cc3[cH-]2)o1.[Zr]. The zero-order valence-corrected chi connectivity index (χ0v) is 18.8. The molecular weight excluding hydrogens is 420 g/mol. The summed E-state index contributed by atoms with van der Waals surface area (Å²) < 4.78 is 5.88. The molecule has 1 aromatic heterocycles. The van der Waals surface area contributed by atoms with Gasteiger partial charge in [0.05, 0.1) is 11.5 Å². The van der Waals surface area contributed by atoms with E-state index in [1.54, 1.807) is 0 Å². The zero-order chi connectivity index (χ0) is 18.5. The van der Waals surface area contributed by atoms with E-state index in [1.807, 2.05) is 13.0 Å². The summed E-state index contributed by atoms with van der Waals surface area (Å²) in [5, 5.41) is 5.13. The van der Waals surface area contributed by atoms with Crippen LogP contribution in [0.25, 0.3) is 44.0 Å². The van der Waals surface area contributed by atoms with Crippen LogP contribution in [-0.2, 0) is 26.2 Å². The molecule has 0 fully saturated rings. The van der Waals surface area contributed by atoms with Crippen LogP contribution in [-0.4, -0.2) is 0 Å². The van der Waals surface area contributed by atoms with Crippen LogP contribution >= 0.6 is 0 Å². The van der Waals surface area contributed by atoms with Crippen LogP contribution in [0.5, 0.6) is 0 Å². The van der Waals surface area contributed by atoms with Gasteiger partial charge >= 0.3 is 0 Å². The standard InChI is InChI=1S/C26H21O.Zr/c1-16-13-20-14-21(25-12-11-17(2)27-25)15-24(20)26(18(16)3)23-10-6-8-19-7-4-5-9-22(19)23;/h4-15H,1-3H3;/q-1;. The van der Waals surface area contributed by atoms with Gasteiger partial charge in [0, 0.05) is 26.2 Å². The minimum atomic E-state index is 0. The van der Waals surface area contributed by atoms with E-state index in [-0.39, 0.29) is 26.2 Å². The van der Waals surface area contributed by atoms with E-state index in [0.29, 0.717) is 0 Å². The Balaban J connectivity index is 0.00000192. The third-order valence-electron chi connectivity index (χ3n) is 5.61. The first-order valence-corrected chi connectivity index (χ1v) is 9.37.